The van der Waals surface area contributed by atoms with Gasteiger partial charge in [-0.1, -0.05) is 69.5 Å². The summed E-state index contributed by atoms with van der Waals surface area (Å²) in [7, 11) is 0. The van der Waals surface area contributed by atoms with Gasteiger partial charge in [-0.3, -0.25) is 0 Å². The van der Waals surface area contributed by atoms with Gasteiger partial charge in [0.25, 0.3) is 0 Å². The van der Waals surface area contributed by atoms with Crippen molar-refractivity contribution in [3.8, 4) is 0 Å². The fourth-order valence-electron chi connectivity index (χ4n) is 3.87. The van der Waals surface area contributed by atoms with Crippen LogP contribution in [0.5, 0.6) is 0 Å². The van der Waals surface area contributed by atoms with E-state index < -0.39 is 0 Å². The van der Waals surface area contributed by atoms with Crippen molar-refractivity contribution in [3.05, 3.63) is 65.2 Å². The minimum atomic E-state index is 0.0852. The molecule has 1 aliphatic rings. The third-order valence-electron chi connectivity index (χ3n) is 5.60. The number of hydrogen-bond donors (Lipinski definition) is 0. The fraction of sp³-hybridized carbons (Fsp3) is 0.500. The summed E-state index contributed by atoms with van der Waals surface area (Å²) >= 11 is 1.97. The van der Waals surface area contributed by atoms with Crippen molar-refractivity contribution in [2.24, 2.45) is 0 Å². The average Bonchev–Trinajstić information content (AvgIpc) is 2.63. The molecule has 2 aromatic rings. The van der Waals surface area contributed by atoms with Gasteiger partial charge in [-0.25, -0.2) is 0 Å². The van der Waals surface area contributed by atoms with Gasteiger partial charge in [-0.05, 0) is 67.3 Å². The van der Waals surface area contributed by atoms with Crippen molar-refractivity contribution in [1.82, 2.24) is 0 Å². The molecule has 1 aliphatic carbocycles. The van der Waals surface area contributed by atoms with Crippen LogP contribution in [0, 0.1) is 0 Å². The van der Waals surface area contributed by atoms with Crippen molar-refractivity contribution in [2.75, 3.05) is 0 Å². The summed E-state index contributed by atoms with van der Waals surface area (Å²) in [6, 6.07) is 18.6. The smallest absolute Gasteiger partial charge is 0.0399 e. The lowest BCUT2D eigenvalue weighted by Crippen LogP contribution is -2.12. The largest absolute Gasteiger partial charge is 0.115 e. The number of hydrogen-bond acceptors (Lipinski definition) is 1. The lowest BCUT2D eigenvalue weighted by Gasteiger charge is -2.26. The molecule has 0 N–H and O–H groups in total. The van der Waals surface area contributed by atoms with Gasteiger partial charge in [0.2, 0.25) is 0 Å². The van der Waals surface area contributed by atoms with Gasteiger partial charge in [-0.2, -0.15) is 0 Å². The monoisotopic (exact) mass is 352 g/mol. The summed E-state index contributed by atoms with van der Waals surface area (Å²) < 4.78 is 0.0852. The summed E-state index contributed by atoms with van der Waals surface area (Å²) in [4.78, 5) is 1.37. The van der Waals surface area contributed by atoms with Crippen LogP contribution < -0.4 is 0 Å². The molecule has 0 bridgehead atoms. The van der Waals surface area contributed by atoms with Crippen molar-refractivity contribution in [2.45, 2.75) is 81.3 Å². The second kappa shape index (κ2) is 7.99. The Morgan fingerprint density at radius 1 is 0.840 bits per heavy atom. The topological polar surface area (TPSA) is 0 Å². The molecule has 0 saturated heterocycles. The second-order valence-corrected chi connectivity index (χ2v) is 9.99. The molecule has 0 unspecified atom stereocenters. The van der Waals surface area contributed by atoms with Gasteiger partial charge < -0.3 is 0 Å². The predicted molar refractivity (Wildman–Crippen MR) is 112 cm³/mol. The Balaban J connectivity index is 1.69. The minimum Gasteiger partial charge on any atom is -0.115 e. The zero-order valence-electron chi connectivity index (χ0n) is 16.2. The molecule has 25 heavy (non-hydrogen) atoms. The first-order chi connectivity index (χ1) is 12.0. The molecule has 0 nitrogen and oxygen atoms in total. The van der Waals surface area contributed by atoms with E-state index >= 15 is 0 Å². The van der Waals surface area contributed by atoms with E-state index in [0.717, 1.165) is 5.92 Å². The molecule has 2 aromatic carbocycles. The van der Waals surface area contributed by atoms with E-state index in [1.807, 2.05) is 11.8 Å². The minimum absolute atomic E-state index is 0.0852. The third-order valence-corrected chi connectivity index (χ3v) is 6.86. The standard InChI is InChI=1S/C24H32S/c1-18(2)19-10-14-22(15-11-19)24(3,4)25-23-16-12-21(13-17-23)20-8-6-5-7-9-20/h10-18,20H,5-9H2,1-4H3. The van der Waals surface area contributed by atoms with E-state index in [1.54, 1.807) is 5.56 Å². The van der Waals surface area contributed by atoms with Gasteiger partial charge in [0, 0.05) is 9.64 Å². The molecular formula is C24H32S. The maximum absolute atomic E-state index is 2.37. The summed E-state index contributed by atoms with van der Waals surface area (Å²) in [5.74, 6) is 1.39. The van der Waals surface area contributed by atoms with E-state index in [9.17, 15) is 0 Å². The molecule has 3 rings (SSSR count). The van der Waals surface area contributed by atoms with Crippen LogP contribution in [0.2, 0.25) is 0 Å². The number of rotatable bonds is 5. The summed E-state index contributed by atoms with van der Waals surface area (Å²) in [5, 5.41) is 0. The van der Waals surface area contributed by atoms with Crippen molar-refractivity contribution in [1.29, 1.82) is 0 Å². The Labute approximate surface area is 158 Å². The van der Waals surface area contributed by atoms with Crippen LogP contribution in [0.4, 0.5) is 0 Å². The van der Waals surface area contributed by atoms with Gasteiger partial charge in [0.15, 0.2) is 0 Å². The van der Waals surface area contributed by atoms with E-state index in [-0.39, 0.29) is 4.75 Å². The molecule has 0 spiro atoms. The zero-order chi connectivity index (χ0) is 17.9. The zero-order valence-corrected chi connectivity index (χ0v) is 17.0. The third kappa shape index (κ3) is 4.70. The van der Waals surface area contributed by atoms with Crippen LogP contribution in [-0.4, -0.2) is 0 Å². The molecule has 0 atom stereocenters. The van der Waals surface area contributed by atoms with Crippen LogP contribution in [0.3, 0.4) is 0 Å². The first-order valence-corrected chi connectivity index (χ1v) is 10.7. The normalized spacial score (nSPS) is 16.4. The van der Waals surface area contributed by atoms with E-state index in [4.69, 9.17) is 0 Å². The van der Waals surface area contributed by atoms with Crippen LogP contribution in [0.1, 0.15) is 88.3 Å². The molecule has 0 aliphatic heterocycles. The molecule has 134 valence electrons. The van der Waals surface area contributed by atoms with E-state index in [1.165, 1.54) is 48.1 Å². The molecule has 1 heteroatoms. The molecular weight excluding hydrogens is 320 g/mol. The van der Waals surface area contributed by atoms with Crippen molar-refractivity contribution >= 4 is 11.8 Å². The first kappa shape index (κ1) is 18.6. The van der Waals surface area contributed by atoms with Crippen molar-refractivity contribution < 1.29 is 0 Å². The highest BCUT2D eigenvalue weighted by Crippen LogP contribution is 2.42. The Morgan fingerprint density at radius 2 is 1.44 bits per heavy atom. The summed E-state index contributed by atoms with van der Waals surface area (Å²) in [6.45, 7) is 9.17. The lowest BCUT2D eigenvalue weighted by molar-refractivity contribution is 0.443. The second-order valence-electron chi connectivity index (χ2n) is 8.29. The van der Waals surface area contributed by atoms with Crippen LogP contribution in [-0.2, 0) is 4.75 Å². The highest BCUT2D eigenvalue weighted by molar-refractivity contribution is 8.00. The molecule has 0 heterocycles. The molecule has 0 amide bonds. The molecule has 0 aromatic heterocycles. The Hall–Kier alpha value is -1.21. The quantitative estimate of drug-likeness (QED) is 0.493. The average molecular weight is 353 g/mol. The number of thioether (sulfide) groups is 1. The SMILES string of the molecule is CC(C)c1ccc(C(C)(C)Sc2ccc(C3CCCCC3)cc2)cc1. The number of benzene rings is 2. The van der Waals surface area contributed by atoms with Gasteiger partial charge in [0.1, 0.15) is 0 Å². The molecule has 1 fully saturated rings. The van der Waals surface area contributed by atoms with Gasteiger partial charge >= 0.3 is 0 Å². The van der Waals surface area contributed by atoms with Crippen LogP contribution >= 0.6 is 11.8 Å². The van der Waals surface area contributed by atoms with Crippen molar-refractivity contribution in [3.63, 3.8) is 0 Å². The predicted octanol–water partition coefficient (Wildman–Crippen LogP) is 7.89. The van der Waals surface area contributed by atoms with Crippen LogP contribution in [0.25, 0.3) is 0 Å². The molecule has 0 radical (unpaired) electrons. The Morgan fingerprint density at radius 3 is 2.00 bits per heavy atom. The van der Waals surface area contributed by atoms with E-state index in [0.29, 0.717) is 5.92 Å². The van der Waals surface area contributed by atoms with Gasteiger partial charge in [0.05, 0.1) is 0 Å². The maximum atomic E-state index is 2.37. The van der Waals surface area contributed by atoms with Crippen LogP contribution in [0.15, 0.2) is 53.4 Å². The fourth-order valence-corrected chi connectivity index (χ4v) is 4.98. The highest BCUT2D eigenvalue weighted by Gasteiger charge is 2.22. The first-order valence-electron chi connectivity index (χ1n) is 9.85. The Kier molecular flexibility index (Phi) is 5.94. The van der Waals surface area contributed by atoms with E-state index in [2.05, 4.69) is 76.2 Å². The molecule has 1 saturated carbocycles. The lowest BCUT2D eigenvalue weighted by atomic mass is 9.84. The summed E-state index contributed by atoms with van der Waals surface area (Å²) in [5.41, 5.74) is 4.36. The Bertz CT molecular complexity index is 658. The van der Waals surface area contributed by atoms with Gasteiger partial charge in [-0.15, -0.1) is 11.8 Å². The summed E-state index contributed by atoms with van der Waals surface area (Å²) in [6.07, 6.45) is 6.98. The maximum Gasteiger partial charge on any atom is 0.0399 e. The highest BCUT2D eigenvalue weighted by atomic mass is 32.2.